The van der Waals surface area contributed by atoms with E-state index in [2.05, 4.69) is 22.2 Å². The maximum Gasteiger partial charge on any atom is 0.221 e. The van der Waals surface area contributed by atoms with Crippen LogP contribution >= 0.6 is 0 Å². The average molecular weight is 278 g/mol. The van der Waals surface area contributed by atoms with E-state index in [1.54, 1.807) is 0 Å². The van der Waals surface area contributed by atoms with Gasteiger partial charge in [0.25, 0.3) is 0 Å². The Morgan fingerprint density at radius 2 is 2.10 bits per heavy atom. The molecular weight excluding hydrogens is 252 g/mol. The van der Waals surface area contributed by atoms with Crippen molar-refractivity contribution >= 4 is 5.91 Å². The lowest BCUT2D eigenvalue weighted by Crippen LogP contribution is -2.40. The van der Waals surface area contributed by atoms with Crippen LogP contribution in [0, 0.1) is 13.8 Å². The number of imidazole rings is 1. The van der Waals surface area contributed by atoms with Crippen LogP contribution in [0.15, 0.2) is 0 Å². The van der Waals surface area contributed by atoms with Crippen LogP contribution in [0.4, 0.5) is 0 Å². The van der Waals surface area contributed by atoms with Crippen molar-refractivity contribution in [3.8, 4) is 0 Å². The Morgan fingerprint density at radius 3 is 2.70 bits per heavy atom. The summed E-state index contributed by atoms with van der Waals surface area (Å²) in [7, 11) is 4.11. The molecule has 0 saturated carbocycles. The van der Waals surface area contributed by atoms with Gasteiger partial charge in [-0.05, 0) is 40.3 Å². The molecule has 5 nitrogen and oxygen atoms in total. The highest BCUT2D eigenvalue weighted by molar-refractivity contribution is 5.76. The van der Waals surface area contributed by atoms with Gasteiger partial charge in [-0.15, -0.1) is 0 Å². The SMILES string of the molecule is Cc1nc(CNC(=O)C[C@H]2CCCCN2C)n(C)c1C. The highest BCUT2D eigenvalue weighted by Crippen LogP contribution is 2.17. The molecule has 0 aliphatic carbocycles. The molecule has 0 radical (unpaired) electrons. The smallest absolute Gasteiger partial charge is 0.221 e. The zero-order valence-electron chi connectivity index (χ0n) is 13.1. The molecule has 1 fully saturated rings. The Bertz CT molecular complexity index is 480. The van der Waals surface area contributed by atoms with Crippen molar-refractivity contribution in [3.05, 3.63) is 17.2 Å². The summed E-state index contributed by atoms with van der Waals surface area (Å²) in [5.41, 5.74) is 2.19. The largest absolute Gasteiger partial charge is 0.349 e. The molecule has 0 bridgehead atoms. The second kappa shape index (κ2) is 6.39. The Morgan fingerprint density at radius 1 is 1.35 bits per heavy atom. The van der Waals surface area contributed by atoms with Crippen LogP contribution in [-0.4, -0.2) is 40.0 Å². The van der Waals surface area contributed by atoms with Gasteiger partial charge in [-0.1, -0.05) is 6.42 Å². The van der Waals surface area contributed by atoms with E-state index in [1.807, 2.05) is 25.5 Å². The standard InChI is InChI=1S/C15H26N4O/c1-11-12(2)19(4)14(17-11)10-16-15(20)9-13-7-5-6-8-18(13)3/h13H,5-10H2,1-4H3,(H,16,20)/t13-/m1/s1. The van der Waals surface area contributed by atoms with E-state index < -0.39 is 0 Å². The van der Waals surface area contributed by atoms with Gasteiger partial charge in [-0.2, -0.15) is 0 Å². The molecule has 0 unspecified atom stereocenters. The topological polar surface area (TPSA) is 50.2 Å². The van der Waals surface area contributed by atoms with Crippen LogP contribution < -0.4 is 5.32 Å². The van der Waals surface area contributed by atoms with Crippen LogP contribution in [0.1, 0.15) is 42.9 Å². The second-order valence-electron chi connectivity index (χ2n) is 5.87. The van der Waals surface area contributed by atoms with E-state index in [-0.39, 0.29) is 5.91 Å². The molecule has 1 aliphatic heterocycles. The number of amides is 1. The fourth-order valence-electron chi connectivity index (χ4n) is 2.81. The van der Waals surface area contributed by atoms with Crippen molar-refractivity contribution in [3.63, 3.8) is 0 Å². The summed E-state index contributed by atoms with van der Waals surface area (Å²) in [6.07, 6.45) is 4.21. The molecule has 112 valence electrons. The predicted molar refractivity (Wildman–Crippen MR) is 79.4 cm³/mol. The molecule has 1 aromatic rings. The molecule has 1 saturated heterocycles. The van der Waals surface area contributed by atoms with Gasteiger partial charge in [0, 0.05) is 25.2 Å². The Labute approximate surface area is 121 Å². The zero-order chi connectivity index (χ0) is 14.7. The van der Waals surface area contributed by atoms with Gasteiger partial charge in [0.2, 0.25) is 5.91 Å². The van der Waals surface area contributed by atoms with E-state index in [0.29, 0.717) is 19.0 Å². The monoisotopic (exact) mass is 278 g/mol. The Balaban J connectivity index is 1.84. The van der Waals surface area contributed by atoms with Crippen LogP contribution in [0.5, 0.6) is 0 Å². The summed E-state index contributed by atoms with van der Waals surface area (Å²) in [5, 5.41) is 3.00. The summed E-state index contributed by atoms with van der Waals surface area (Å²) in [4.78, 5) is 18.8. The predicted octanol–water partition coefficient (Wildman–Crippen LogP) is 1.53. The number of likely N-dealkylation sites (tertiary alicyclic amines) is 1. The first-order chi connectivity index (χ1) is 9.49. The van der Waals surface area contributed by atoms with Crippen molar-refractivity contribution < 1.29 is 4.79 Å². The second-order valence-corrected chi connectivity index (χ2v) is 5.87. The summed E-state index contributed by atoms with van der Waals surface area (Å²) in [5.74, 6) is 1.05. The lowest BCUT2D eigenvalue weighted by molar-refractivity contribution is -0.122. The number of carbonyl (C=O) groups excluding carboxylic acids is 1. The maximum absolute atomic E-state index is 12.1. The fourth-order valence-corrected chi connectivity index (χ4v) is 2.81. The number of hydrogen-bond donors (Lipinski definition) is 1. The Hall–Kier alpha value is -1.36. The first kappa shape index (κ1) is 15.0. The molecule has 0 aromatic carbocycles. The number of rotatable bonds is 4. The summed E-state index contributed by atoms with van der Waals surface area (Å²) < 4.78 is 2.04. The normalized spacial score (nSPS) is 20.1. The third kappa shape index (κ3) is 3.39. The number of carbonyl (C=O) groups is 1. The van der Waals surface area contributed by atoms with Gasteiger partial charge >= 0.3 is 0 Å². The minimum absolute atomic E-state index is 0.127. The zero-order valence-corrected chi connectivity index (χ0v) is 13.1. The summed E-state index contributed by atoms with van der Waals surface area (Å²) >= 11 is 0. The van der Waals surface area contributed by atoms with Crippen LogP contribution in [0.3, 0.4) is 0 Å². The van der Waals surface area contributed by atoms with Gasteiger partial charge in [0.05, 0.1) is 12.2 Å². The lowest BCUT2D eigenvalue weighted by atomic mass is 10.00. The lowest BCUT2D eigenvalue weighted by Gasteiger charge is -2.31. The van der Waals surface area contributed by atoms with Gasteiger partial charge in [0.1, 0.15) is 5.82 Å². The average Bonchev–Trinajstić information content (AvgIpc) is 2.66. The highest BCUT2D eigenvalue weighted by Gasteiger charge is 2.21. The van der Waals surface area contributed by atoms with Crippen molar-refractivity contribution in [1.29, 1.82) is 0 Å². The molecule has 2 rings (SSSR count). The molecule has 5 heteroatoms. The molecular formula is C15H26N4O. The van der Waals surface area contributed by atoms with Gasteiger partial charge in [-0.3, -0.25) is 4.79 Å². The van der Waals surface area contributed by atoms with Crippen molar-refractivity contribution in [2.24, 2.45) is 7.05 Å². The maximum atomic E-state index is 12.1. The molecule has 1 amide bonds. The summed E-state index contributed by atoms with van der Waals surface area (Å²) in [6, 6.07) is 0.397. The Kier molecular flexibility index (Phi) is 4.81. The fraction of sp³-hybridized carbons (Fsp3) is 0.733. The number of aromatic nitrogens is 2. The quantitative estimate of drug-likeness (QED) is 0.908. The number of piperidine rings is 1. The number of nitrogens with zero attached hydrogens (tertiary/aromatic N) is 3. The van der Waals surface area contributed by atoms with E-state index in [0.717, 1.165) is 30.2 Å². The van der Waals surface area contributed by atoms with E-state index in [9.17, 15) is 4.79 Å². The minimum atomic E-state index is 0.127. The third-order valence-corrected chi connectivity index (χ3v) is 4.50. The first-order valence-corrected chi connectivity index (χ1v) is 7.44. The molecule has 1 aliphatic rings. The first-order valence-electron chi connectivity index (χ1n) is 7.44. The van der Waals surface area contributed by atoms with E-state index in [1.165, 1.54) is 12.8 Å². The third-order valence-electron chi connectivity index (χ3n) is 4.50. The summed E-state index contributed by atoms with van der Waals surface area (Å²) in [6.45, 7) is 5.67. The number of hydrogen-bond acceptors (Lipinski definition) is 3. The van der Waals surface area contributed by atoms with Gasteiger partial charge in [0.15, 0.2) is 0 Å². The van der Waals surface area contributed by atoms with Gasteiger partial charge in [-0.25, -0.2) is 4.98 Å². The van der Waals surface area contributed by atoms with E-state index in [4.69, 9.17) is 0 Å². The molecule has 20 heavy (non-hydrogen) atoms. The number of nitrogens with one attached hydrogen (secondary N) is 1. The molecule has 0 spiro atoms. The minimum Gasteiger partial charge on any atom is -0.349 e. The highest BCUT2D eigenvalue weighted by atomic mass is 16.1. The van der Waals surface area contributed by atoms with Crippen LogP contribution in [-0.2, 0) is 18.4 Å². The van der Waals surface area contributed by atoms with E-state index >= 15 is 0 Å². The van der Waals surface area contributed by atoms with Gasteiger partial charge < -0.3 is 14.8 Å². The molecule has 1 aromatic heterocycles. The molecule has 2 heterocycles. The molecule has 1 N–H and O–H groups in total. The van der Waals surface area contributed by atoms with Crippen molar-refractivity contribution in [2.45, 2.75) is 52.1 Å². The van der Waals surface area contributed by atoms with Crippen molar-refractivity contribution in [1.82, 2.24) is 19.8 Å². The molecule has 1 atom stereocenters. The number of aryl methyl sites for hydroxylation is 1. The van der Waals surface area contributed by atoms with Crippen molar-refractivity contribution in [2.75, 3.05) is 13.6 Å². The van der Waals surface area contributed by atoms with Crippen LogP contribution in [0.2, 0.25) is 0 Å². The van der Waals surface area contributed by atoms with Crippen LogP contribution in [0.25, 0.3) is 0 Å².